The summed E-state index contributed by atoms with van der Waals surface area (Å²) in [4.78, 5) is 61.0. The fourth-order valence-corrected chi connectivity index (χ4v) is 2.87. The Labute approximate surface area is 168 Å². The summed E-state index contributed by atoms with van der Waals surface area (Å²) >= 11 is 0. The lowest BCUT2D eigenvalue weighted by atomic mass is 10.0. The Hall–Kier alpha value is -3.23. The highest BCUT2D eigenvalue weighted by Crippen LogP contribution is 2.25. The van der Waals surface area contributed by atoms with Crippen LogP contribution in [0.2, 0.25) is 0 Å². The minimum absolute atomic E-state index is 0.0182. The van der Waals surface area contributed by atoms with Crippen molar-refractivity contribution in [2.45, 2.75) is 45.3 Å². The first-order chi connectivity index (χ1) is 13.5. The van der Waals surface area contributed by atoms with Crippen molar-refractivity contribution >= 4 is 30.0 Å². The number of nitrogens with one attached hydrogen (secondary N) is 1. The molecule has 1 N–H and O–H groups in total. The SMILES string of the molecule is CN(C(=O)c1c(C=O)cccc1OCC(=O)OC(C)(C)C)C1CCC(=O)NC1=O. The molecule has 0 radical (unpaired) electrons. The maximum Gasteiger partial charge on any atom is 0.344 e. The molecule has 1 aromatic carbocycles. The number of benzene rings is 1. The van der Waals surface area contributed by atoms with Crippen LogP contribution in [0.1, 0.15) is 54.3 Å². The lowest BCUT2D eigenvalue weighted by molar-refractivity contribution is -0.157. The topological polar surface area (TPSA) is 119 Å². The summed E-state index contributed by atoms with van der Waals surface area (Å²) in [5.41, 5.74) is -0.718. The normalized spacial score (nSPS) is 16.6. The van der Waals surface area contributed by atoms with Crippen molar-refractivity contribution in [2.24, 2.45) is 0 Å². The number of aldehydes is 1. The van der Waals surface area contributed by atoms with Gasteiger partial charge in [0.2, 0.25) is 11.8 Å². The number of ether oxygens (including phenoxy) is 2. The number of carbonyl (C=O) groups excluding carboxylic acids is 5. The van der Waals surface area contributed by atoms with Crippen LogP contribution in [0.15, 0.2) is 18.2 Å². The Bertz CT molecular complexity index is 842. The Balaban J connectivity index is 2.25. The fraction of sp³-hybridized carbons (Fsp3) is 0.450. The van der Waals surface area contributed by atoms with E-state index in [1.165, 1.54) is 25.2 Å². The second kappa shape index (κ2) is 8.85. The van der Waals surface area contributed by atoms with Crippen LogP contribution < -0.4 is 10.1 Å². The van der Waals surface area contributed by atoms with E-state index in [1.54, 1.807) is 20.8 Å². The van der Waals surface area contributed by atoms with Gasteiger partial charge in [0.25, 0.3) is 5.91 Å². The van der Waals surface area contributed by atoms with Gasteiger partial charge in [-0.05, 0) is 33.3 Å². The van der Waals surface area contributed by atoms with Crippen molar-refractivity contribution < 1.29 is 33.4 Å². The first-order valence-electron chi connectivity index (χ1n) is 9.07. The quantitative estimate of drug-likeness (QED) is 0.428. The summed E-state index contributed by atoms with van der Waals surface area (Å²) in [6.45, 7) is 4.67. The Morgan fingerprint density at radius 1 is 1.28 bits per heavy atom. The molecule has 2 rings (SSSR count). The maximum absolute atomic E-state index is 13.1. The van der Waals surface area contributed by atoms with Gasteiger partial charge in [0.15, 0.2) is 12.9 Å². The highest BCUT2D eigenvalue weighted by atomic mass is 16.6. The zero-order valence-electron chi connectivity index (χ0n) is 16.8. The van der Waals surface area contributed by atoms with Crippen LogP contribution in [-0.2, 0) is 19.1 Å². The number of nitrogens with zero attached hydrogens (tertiary/aromatic N) is 1. The average Bonchev–Trinajstić information content (AvgIpc) is 2.63. The second-order valence-electron chi connectivity index (χ2n) is 7.60. The van der Waals surface area contributed by atoms with Crippen molar-refractivity contribution in [1.82, 2.24) is 10.2 Å². The molecule has 1 aliphatic rings. The lowest BCUT2D eigenvalue weighted by Crippen LogP contribution is -2.53. The van der Waals surface area contributed by atoms with Gasteiger partial charge >= 0.3 is 5.97 Å². The molecule has 1 unspecified atom stereocenters. The van der Waals surface area contributed by atoms with Crippen molar-refractivity contribution in [3.8, 4) is 5.75 Å². The number of esters is 1. The highest BCUT2D eigenvalue weighted by Gasteiger charge is 2.34. The zero-order valence-corrected chi connectivity index (χ0v) is 16.8. The number of carbonyl (C=O) groups is 5. The summed E-state index contributed by atoms with van der Waals surface area (Å²) in [6, 6.07) is 3.53. The Morgan fingerprint density at radius 2 is 1.97 bits per heavy atom. The van der Waals surface area contributed by atoms with Gasteiger partial charge in [-0.1, -0.05) is 12.1 Å². The van der Waals surface area contributed by atoms with Crippen LogP contribution in [0.5, 0.6) is 5.75 Å². The van der Waals surface area contributed by atoms with E-state index < -0.39 is 41.9 Å². The van der Waals surface area contributed by atoms with E-state index in [0.717, 1.165) is 4.90 Å². The molecule has 0 spiro atoms. The van der Waals surface area contributed by atoms with Crippen molar-refractivity contribution in [3.05, 3.63) is 29.3 Å². The van der Waals surface area contributed by atoms with Gasteiger partial charge in [-0.15, -0.1) is 0 Å². The third kappa shape index (κ3) is 5.63. The van der Waals surface area contributed by atoms with E-state index in [4.69, 9.17) is 9.47 Å². The van der Waals surface area contributed by atoms with Crippen LogP contribution in [0.4, 0.5) is 0 Å². The number of imide groups is 1. The number of hydrogen-bond donors (Lipinski definition) is 1. The standard InChI is InChI=1S/C20H24N2O7/c1-20(2,3)29-16(25)11-28-14-7-5-6-12(10-23)17(14)19(27)22(4)13-8-9-15(24)21-18(13)26/h5-7,10,13H,8-9,11H2,1-4H3,(H,21,24,26). The first-order valence-corrected chi connectivity index (χ1v) is 9.07. The van der Waals surface area contributed by atoms with E-state index in [1.807, 2.05) is 0 Å². The smallest absolute Gasteiger partial charge is 0.344 e. The number of rotatable bonds is 6. The van der Waals surface area contributed by atoms with Crippen molar-refractivity contribution in [3.63, 3.8) is 0 Å². The molecule has 1 saturated heterocycles. The molecular weight excluding hydrogens is 380 g/mol. The van der Waals surface area contributed by atoms with Crippen LogP contribution in [0.3, 0.4) is 0 Å². The molecule has 1 atom stereocenters. The molecule has 0 aliphatic carbocycles. The van der Waals surface area contributed by atoms with Crippen LogP contribution in [-0.4, -0.2) is 60.2 Å². The number of hydrogen-bond acceptors (Lipinski definition) is 7. The lowest BCUT2D eigenvalue weighted by Gasteiger charge is -2.30. The molecule has 3 amide bonds. The highest BCUT2D eigenvalue weighted by molar-refractivity contribution is 6.07. The molecule has 9 heteroatoms. The second-order valence-corrected chi connectivity index (χ2v) is 7.60. The van der Waals surface area contributed by atoms with Crippen LogP contribution in [0, 0.1) is 0 Å². The molecule has 1 heterocycles. The van der Waals surface area contributed by atoms with Crippen molar-refractivity contribution in [2.75, 3.05) is 13.7 Å². The Morgan fingerprint density at radius 3 is 2.55 bits per heavy atom. The van der Waals surface area contributed by atoms with Gasteiger partial charge in [-0.25, -0.2) is 4.79 Å². The number of piperidine rings is 1. The Kier molecular flexibility index (Phi) is 6.73. The van der Waals surface area contributed by atoms with Gasteiger partial charge < -0.3 is 14.4 Å². The van der Waals surface area contributed by atoms with Gasteiger partial charge in [-0.2, -0.15) is 0 Å². The van der Waals surface area contributed by atoms with Gasteiger partial charge in [0, 0.05) is 19.0 Å². The fourth-order valence-electron chi connectivity index (χ4n) is 2.87. The van der Waals surface area contributed by atoms with Crippen molar-refractivity contribution in [1.29, 1.82) is 0 Å². The first kappa shape index (κ1) is 22.1. The largest absolute Gasteiger partial charge is 0.481 e. The summed E-state index contributed by atoms with van der Waals surface area (Å²) in [7, 11) is 1.40. The summed E-state index contributed by atoms with van der Waals surface area (Å²) < 4.78 is 10.6. The predicted octanol–water partition coefficient (Wildman–Crippen LogP) is 1.10. The monoisotopic (exact) mass is 404 g/mol. The van der Waals surface area contributed by atoms with Crippen LogP contribution in [0.25, 0.3) is 0 Å². The molecule has 1 aromatic rings. The third-order valence-electron chi connectivity index (χ3n) is 4.16. The van der Waals surface area contributed by atoms with E-state index >= 15 is 0 Å². The van der Waals surface area contributed by atoms with Crippen LogP contribution >= 0.6 is 0 Å². The minimum Gasteiger partial charge on any atom is -0.481 e. The average molecular weight is 404 g/mol. The van der Waals surface area contributed by atoms with Gasteiger partial charge in [0.05, 0.1) is 5.56 Å². The summed E-state index contributed by atoms with van der Waals surface area (Å²) in [5, 5.41) is 2.19. The molecule has 1 fully saturated rings. The summed E-state index contributed by atoms with van der Waals surface area (Å²) in [6.07, 6.45) is 0.765. The zero-order chi connectivity index (χ0) is 21.8. The molecule has 0 saturated carbocycles. The minimum atomic E-state index is -0.862. The molecule has 0 aromatic heterocycles. The third-order valence-corrected chi connectivity index (χ3v) is 4.16. The molecule has 9 nitrogen and oxygen atoms in total. The van der Waals surface area contributed by atoms with E-state index in [2.05, 4.69) is 5.32 Å². The predicted molar refractivity (Wildman–Crippen MR) is 101 cm³/mol. The number of amides is 3. The molecule has 1 aliphatic heterocycles. The van der Waals surface area contributed by atoms with E-state index in [9.17, 15) is 24.0 Å². The molecular formula is C20H24N2O7. The summed E-state index contributed by atoms with van der Waals surface area (Å²) in [5.74, 6) is -2.24. The van der Waals surface area contributed by atoms with Gasteiger partial charge in [0.1, 0.15) is 17.4 Å². The number of likely N-dealkylation sites (N-methyl/N-ethyl adjacent to an activating group) is 1. The molecule has 156 valence electrons. The van der Waals surface area contributed by atoms with Gasteiger partial charge in [-0.3, -0.25) is 24.5 Å². The molecule has 0 bridgehead atoms. The maximum atomic E-state index is 13.1. The van der Waals surface area contributed by atoms with E-state index in [0.29, 0.717) is 6.29 Å². The van der Waals surface area contributed by atoms with E-state index in [-0.39, 0.29) is 29.7 Å². The molecule has 29 heavy (non-hydrogen) atoms.